The zero-order chi connectivity index (χ0) is 18.4. The van der Waals surface area contributed by atoms with Crippen LogP contribution in [0.2, 0.25) is 0 Å². The van der Waals surface area contributed by atoms with Crippen LogP contribution in [0.25, 0.3) is 0 Å². The van der Waals surface area contributed by atoms with E-state index < -0.39 is 11.2 Å². The number of nitrogens with zero attached hydrogens (tertiary/aromatic N) is 4. The third-order valence-electron chi connectivity index (χ3n) is 4.35. The second kappa shape index (κ2) is 8.69. The van der Waals surface area contributed by atoms with Gasteiger partial charge in [0.05, 0.1) is 0 Å². The van der Waals surface area contributed by atoms with Crippen molar-refractivity contribution in [2.45, 2.75) is 40.2 Å². The second-order valence-corrected chi connectivity index (χ2v) is 6.43. The van der Waals surface area contributed by atoms with Crippen molar-refractivity contribution < 1.29 is 0 Å². The molecule has 0 fully saturated rings. The Bertz CT molecular complexity index is 707. The number of aromatic nitrogens is 2. The van der Waals surface area contributed by atoms with Crippen molar-refractivity contribution in [3.8, 4) is 6.07 Å². The first-order chi connectivity index (χ1) is 11.3. The maximum atomic E-state index is 12.1. The minimum atomic E-state index is -0.564. The molecular formula is C17H29N5O2. The van der Waals surface area contributed by atoms with Crippen LogP contribution in [0.5, 0.6) is 0 Å². The third kappa shape index (κ3) is 4.26. The summed E-state index contributed by atoms with van der Waals surface area (Å²) in [6.07, 6.45) is 0.995. The fourth-order valence-electron chi connectivity index (χ4n) is 3.01. The van der Waals surface area contributed by atoms with E-state index in [0.717, 1.165) is 24.1 Å². The number of rotatable bonds is 8. The highest BCUT2D eigenvalue weighted by molar-refractivity contribution is 5.51. The summed E-state index contributed by atoms with van der Waals surface area (Å²) in [6.45, 7) is 11.0. The highest BCUT2D eigenvalue weighted by Gasteiger charge is 2.20. The minimum Gasteiger partial charge on any atom is -0.369 e. The fourth-order valence-corrected chi connectivity index (χ4v) is 3.01. The van der Waals surface area contributed by atoms with E-state index >= 15 is 0 Å². The molecule has 1 rings (SSSR count). The monoisotopic (exact) mass is 335 g/mol. The van der Waals surface area contributed by atoms with Crippen LogP contribution >= 0.6 is 0 Å². The van der Waals surface area contributed by atoms with E-state index in [-0.39, 0.29) is 11.6 Å². The van der Waals surface area contributed by atoms with E-state index in [1.807, 2.05) is 6.07 Å². The molecule has 1 N–H and O–H groups in total. The number of likely N-dealkylation sites (N-methyl/N-ethyl adjacent to an activating group) is 1. The normalized spacial score (nSPS) is 12.5. The lowest BCUT2D eigenvalue weighted by atomic mass is 10.0. The van der Waals surface area contributed by atoms with E-state index in [9.17, 15) is 14.9 Å². The van der Waals surface area contributed by atoms with Crippen molar-refractivity contribution in [1.82, 2.24) is 14.0 Å². The SMILES string of the molecule is CCN(CC)C(CNc1c(C#N)c(=O)n(C)c(=O)n1C)CC(C)C. The average Bonchev–Trinajstić information content (AvgIpc) is 2.55. The molecule has 0 radical (unpaired) electrons. The molecule has 0 amide bonds. The Hall–Kier alpha value is -2.07. The van der Waals surface area contributed by atoms with Crippen molar-refractivity contribution in [3.05, 3.63) is 26.4 Å². The van der Waals surface area contributed by atoms with Crippen LogP contribution in [0.4, 0.5) is 5.82 Å². The van der Waals surface area contributed by atoms with Gasteiger partial charge in [-0.15, -0.1) is 0 Å². The summed E-state index contributed by atoms with van der Waals surface area (Å²) in [5, 5.41) is 12.5. The predicted molar refractivity (Wildman–Crippen MR) is 96.3 cm³/mol. The summed E-state index contributed by atoms with van der Waals surface area (Å²) < 4.78 is 2.29. The molecule has 0 aliphatic carbocycles. The fraction of sp³-hybridized carbons (Fsp3) is 0.706. The summed E-state index contributed by atoms with van der Waals surface area (Å²) in [5.41, 5.74) is -1.03. The molecule has 1 heterocycles. The molecule has 24 heavy (non-hydrogen) atoms. The van der Waals surface area contributed by atoms with E-state index in [1.54, 1.807) is 7.05 Å². The Kier molecular flexibility index (Phi) is 7.23. The topological polar surface area (TPSA) is 83.1 Å². The summed E-state index contributed by atoms with van der Waals surface area (Å²) in [6, 6.07) is 2.19. The molecule has 0 saturated carbocycles. The molecule has 0 aromatic carbocycles. The lowest BCUT2D eigenvalue weighted by Crippen LogP contribution is -2.43. The minimum absolute atomic E-state index is 0.0255. The van der Waals surface area contributed by atoms with Gasteiger partial charge in [-0.2, -0.15) is 5.26 Å². The van der Waals surface area contributed by atoms with Gasteiger partial charge < -0.3 is 5.32 Å². The Morgan fingerprint density at radius 3 is 2.21 bits per heavy atom. The third-order valence-corrected chi connectivity index (χ3v) is 4.35. The molecular weight excluding hydrogens is 306 g/mol. The van der Waals surface area contributed by atoms with E-state index in [0.29, 0.717) is 18.3 Å². The molecule has 0 spiro atoms. The summed E-state index contributed by atoms with van der Waals surface area (Å²) in [5.74, 6) is 0.826. The first kappa shape index (κ1) is 20.0. The van der Waals surface area contributed by atoms with Crippen LogP contribution in [-0.2, 0) is 14.1 Å². The summed E-state index contributed by atoms with van der Waals surface area (Å²) in [4.78, 5) is 26.6. The van der Waals surface area contributed by atoms with Gasteiger partial charge in [-0.1, -0.05) is 27.7 Å². The summed E-state index contributed by atoms with van der Waals surface area (Å²) >= 11 is 0. The number of anilines is 1. The van der Waals surface area contributed by atoms with Gasteiger partial charge in [0.2, 0.25) is 0 Å². The Morgan fingerprint density at radius 1 is 1.17 bits per heavy atom. The number of nitrogens with one attached hydrogen (secondary N) is 1. The number of hydrogen-bond acceptors (Lipinski definition) is 5. The van der Waals surface area contributed by atoms with E-state index in [4.69, 9.17) is 0 Å². The van der Waals surface area contributed by atoms with Crippen LogP contribution in [0, 0.1) is 17.2 Å². The van der Waals surface area contributed by atoms with Crippen LogP contribution in [0.3, 0.4) is 0 Å². The lowest BCUT2D eigenvalue weighted by molar-refractivity contribution is 0.199. The zero-order valence-corrected chi connectivity index (χ0v) is 15.6. The van der Waals surface area contributed by atoms with Crippen molar-refractivity contribution >= 4 is 5.82 Å². The maximum Gasteiger partial charge on any atom is 0.332 e. The van der Waals surface area contributed by atoms with Gasteiger partial charge in [0.25, 0.3) is 5.56 Å². The van der Waals surface area contributed by atoms with Crippen molar-refractivity contribution in [2.24, 2.45) is 20.0 Å². The van der Waals surface area contributed by atoms with E-state index in [1.165, 1.54) is 11.6 Å². The molecule has 1 unspecified atom stereocenters. The van der Waals surface area contributed by atoms with Gasteiger partial charge in [0, 0.05) is 26.7 Å². The smallest absolute Gasteiger partial charge is 0.332 e. The molecule has 1 aromatic heterocycles. The maximum absolute atomic E-state index is 12.1. The zero-order valence-electron chi connectivity index (χ0n) is 15.6. The van der Waals surface area contributed by atoms with Crippen LogP contribution in [0.1, 0.15) is 39.7 Å². The van der Waals surface area contributed by atoms with Gasteiger partial charge in [0.15, 0.2) is 5.56 Å². The van der Waals surface area contributed by atoms with Crippen LogP contribution in [-0.4, -0.2) is 39.7 Å². The predicted octanol–water partition coefficient (Wildman–Crippen LogP) is 1.12. The van der Waals surface area contributed by atoms with Gasteiger partial charge in [0.1, 0.15) is 11.9 Å². The van der Waals surface area contributed by atoms with Gasteiger partial charge >= 0.3 is 5.69 Å². The van der Waals surface area contributed by atoms with Crippen LogP contribution < -0.4 is 16.6 Å². The lowest BCUT2D eigenvalue weighted by Gasteiger charge is -2.31. The van der Waals surface area contributed by atoms with Crippen molar-refractivity contribution in [1.29, 1.82) is 5.26 Å². The Morgan fingerprint density at radius 2 is 1.75 bits per heavy atom. The van der Waals surface area contributed by atoms with Gasteiger partial charge in [-0.05, 0) is 25.4 Å². The van der Waals surface area contributed by atoms with Gasteiger partial charge in [-0.25, -0.2) is 4.79 Å². The molecule has 0 bridgehead atoms. The molecule has 0 aliphatic rings. The quantitative estimate of drug-likeness (QED) is 0.770. The number of hydrogen-bond donors (Lipinski definition) is 1. The highest BCUT2D eigenvalue weighted by atomic mass is 16.2. The van der Waals surface area contributed by atoms with Crippen molar-refractivity contribution in [2.75, 3.05) is 25.0 Å². The second-order valence-electron chi connectivity index (χ2n) is 6.43. The standard InChI is InChI=1S/C17H29N5O2/c1-7-22(8-2)13(9-12(3)4)11-19-15-14(10-18)16(23)21(6)17(24)20(15)5/h12-13,19H,7-9,11H2,1-6H3. The summed E-state index contributed by atoms with van der Waals surface area (Å²) in [7, 11) is 2.95. The van der Waals surface area contributed by atoms with E-state index in [2.05, 4.69) is 37.9 Å². The van der Waals surface area contributed by atoms with Gasteiger partial charge in [-0.3, -0.25) is 18.8 Å². The Balaban J connectivity index is 3.18. The molecule has 0 aliphatic heterocycles. The first-order valence-corrected chi connectivity index (χ1v) is 8.46. The largest absolute Gasteiger partial charge is 0.369 e. The number of nitriles is 1. The average molecular weight is 335 g/mol. The molecule has 0 saturated heterocycles. The molecule has 7 nitrogen and oxygen atoms in total. The molecule has 1 atom stereocenters. The highest BCUT2D eigenvalue weighted by Crippen LogP contribution is 2.14. The first-order valence-electron chi connectivity index (χ1n) is 8.46. The van der Waals surface area contributed by atoms with Crippen molar-refractivity contribution in [3.63, 3.8) is 0 Å². The molecule has 1 aromatic rings. The molecule has 7 heteroatoms. The van der Waals surface area contributed by atoms with Crippen LogP contribution in [0.15, 0.2) is 9.59 Å². The molecule has 134 valence electrons. The Labute approximate surface area is 143 Å².